The first-order valence-corrected chi connectivity index (χ1v) is 10.4. The van der Waals surface area contributed by atoms with E-state index in [1.807, 2.05) is 56.3 Å². The van der Waals surface area contributed by atoms with Crippen LogP contribution in [0.4, 0.5) is 0 Å². The van der Waals surface area contributed by atoms with E-state index in [0.717, 1.165) is 17.5 Å². The second kappa shape index (κ2) is 10.6. The summed E-state index contributed by atoms with van der Waals surface area (Å²) in [6.45, 7) is 4.84. The van der Waals surface area contributed by atoms with E-state index in [2.05, 4.69) is 10.3 Å². The molecule has 156 valence electrons. The maximum Gasteiger partial charge on any atom is 0.252 e. The molecule has 0 aliphatic carbocycles. The summed E-state index contributed by atoms with van der Waals surface area (Å²) in [5.41, 5.74) is 2.31. The molecule has 30 heavy (non-hydrogen) atoms. The fourth-order valence-electron chi connectivity index (χ4n) is 3.08. The monoisotopic (exact) mass is 424 g/mol. The molecule has 0 spiro atoms. The van der Waals surface area contributed by atoms with Crippen molar-refractivity contribution in [2.75, 3.05) is 13.2 Å². The number of benzene rings is 2. The van der Waals surface area contributed by atoms with E-state index >= 15 is 0 Å². The molecule has 1 amide bonds. The summed E-state index contributed by atoms with van der Waals surface area (Å²) in [6.07, 6.45) is 4.26. The zero-order valence-electron chi connectivity index (χ0n) is 17.1. The Labute approximate surface area is 182 Å². The van der Waals surface area contributed by atoms with E-state index in [4.69, 9.17) is 21.1 Å². The smallest absolute Gasteiger partial charge is 0.252 e. The molecule has 6 heteroatoms. The second-order valence-corrected chi connectivity index (χ2v) is 7.07. The molecule has 0 radical (unpaired) electrons. The lowest BCUT2D eigenvalue weighted by Gasteiger charge is -2.20. The van der Waals surface area contributed by atoms with Gasteiger partial charge in [-0.05, 0) is 48.7 Å². The first-order valence-electron chi connectivity index (χ1n) is 9.98. The van der Waals surface area contributed by atoms with Gasteiger partial charge < -0.3 is 14.8 Å². The van der Waals surface area contributed by atoms with Crippen molar-refractivity contribution in [3.63, 3.8) is 0 Å². The molecule has 1 aromatic heterocycles. The fraction of sp³-hybridized carbons (Fsp3) is 0.250. The van der Waals surface area contributed by atoms with Gasteiger partial charge in [-0.2, -0.15) is 0 Å². The van der Waals surface area contributed by atoms with Gasteiger partial charge in [-0.3, -0.25) is 9.78 Å². The van der Waals surface area contributed by atoms with E-state index in [1.165, 1.54) is 0 Å². The molecule has 1 N–H and O–H groups in total. The van der Waals surface area contributed by atoms with Crippen LogP contribution in [0.15, 0.2) is 67.0 Å². The van der Waals surface area contributed by atoms with Crippen molar-refractivity contribution in [2.45, 2.75) is 26.3 Å². The lowest BCUT2D eigenvalue weighted by atomic mass is 9.99. The summed E-state index contributed by atoms with van der Waals surface area (Å²) in [6, 6.07) is 16.5. The Morgan fingerprint density at radius 3 is 2.40 bits per heavy atom. The third kappa shape index (κ3) is 5.30. The highest BCUT2D eigenvalue weighted by Crippen LogP contribution is 2.37. The van der Waals surface area contributed by atoms with Gasteiger partial charge in [-0.15, -0.1) is 0 Å². The molecule has 0 fully saturated rings. The van der Waals surface area contributed by atoms with Crippen molar-refractivity contribution in [3.05, 3.63) is 88.7 Å². The predicted octanol–water partition coefficient (Wildman–Crippen LogP) is 5.44. The van der Waals surface area contributed by atoms with Crippen LogP contribution in [-0.2, 0) is 0 Å². The number of hydrogen-bond donors (Lipinski definition) is 1. The summed E-state index contributed by atoms with van der Waals surface area (Å²) in [5, 5.41) is 3.45. The number of carbonyl (C=O) groups excluding carboxylic acids is 1. The van der Waals surface area contributed by atoms with E-state index < -0.39 is 0 Å². The van der Waals surface area contributed by atoms with Crippen molar-refractivity contribution < 1.29 is 14.3 Å². The Morgan fingerprint density at radius 1 is 1.03 bits per heavy atom. The SMILES string of the molecule is CCCOc1c(Cl)cc(C(=O)NC(c2ccccc2)c2ccncc2)cc1OCC. The number of halogens is 1. The van der Waals surface area contributed by atoms with Gasteiger partial charge in [0.25, 0.3) is 5.91 Å². The van der Waals surface area contributed by atoms with Crippen LogP contribution in [0.25, 0.3) is 0 Å². The Hall–Kier alpha value is -3.05. The van der Waals surface area contributed by atoms with Crippen LogP contribution in [0, 0.1) is 0 Å². The molecule has 3 aromatic rings. The summed E-state index contributed by atoms with van der Waals surface area (Å²) < 4.78 is 11.4. The van der Waals surface area contributed by atoms with E-state index in [-0.39, 0.29) is 11.9 Å². The number of rotatable bonds is 9. The molecule has 0 bridgehead atoms. The summed E-state index contributed by atoms with van der Waals surface area (Å²) in [5.74, 6) is 0.667. The summed E-state index contributed by atoms with van der Waals surface area (Å²) >= 11 is 6.43. The number of nitrogens with zero attached hydrogens (tertiary/aromatic N) is 1. The lowest BCUT2D eigenvalue weighted by molar-refractivity contribution is 0.0942. The topological polar surface area (TPSA) is 60.5 Å². The number of carbonyl (C=O) groups is 1. The van der Waals surface area contributed by atoms with Crippen LogP contribution in [0.3, 0.4) is 0 Å². The first kappa shape index (κ1) is 21.7. The molecule has 0 aliphatic heterocycles. The van der Waals surface area contributed by atoms with Gasteiger partial charge in [-0.1, -0.05) is 48.9 Å². The molecule has 2 aromatic carbocycles. The molecule has 1 atom stereocenters. The van der Waals surface area contributed by atoms with Crippen LogP contribution in [0.2, 0.25) is 5.02 Å². The predicted molar refractivity (Wildman–Crippen MR) is 118 cm³/mol. The van der Waals surface area contributed by atoms with Crippen molar-refractivity contribution >= 4 is 17.5 Å². The Kier molecular flexibility index (Phi) is 7.69. The molecule has 1 heterocycles. The van der Waals surface area contributed by atoms with Gasteiger partial charge >= 0.3 is 0 Å². The second-order valence-electron chi connectivity index (χ2n) is 6.66. The van der Waals surface area contributed by atoms with E-state index in [1.54, 1.807) is 24.5 Å². The minimum Gasteiger partial charge on any atom is -0.490 e. The highest BCUT2D eigenvalue weighted by Gasteiger charge is 2.21. The van der Waals surface area contributed by atoms with Crippen LogP contribution < -0.4 is 14.8 Å². The van der Waals surface area contributed by atoms with Crippen LogP contribution >= 0.6 is 11.6 Å². The van der Waals surface area contributed by atoms with Crippen molar-refractivity contribution in [1.29, 1.82) is 0 Å². The summed E-state index contributed by atoms with van der Waals surface area (Å²) in [4.78, 5) is 17.2. The highest BCUT2D eigenvalue weighted by atomic mass is 35.5. The number of ether oxygens (including phenoxy) is 2. The average molecular weight is 425 g/mol. The largest absolute Gasteiger partial charge is 0.490 e. The van der Waals surface area contributed by atoms with Crippen LogP contribution in [0.1, 0.15) is 47.8 Å². The van der Waals surface area contributed by atoms with Crippen molar-refractivity contribution in [2.24, 2.45) is 0 Å². The molecule has 3 rings (SSSR count). The maximum absolute atomic E-state index is 13.2. The third-order valence-corrected chi connectivity index (χ3v) is 4.75. The van der Waals surface area contributed by atoms with Crippen molar-refractivity contribution in [1.82, 2.24) is 10.3 Å². The molecule has 5 nitrogen and oxygen atoms in total. The molecule has 0 saturated heterocycles. The summed E-state index contributed by atoms with van der Waals surface area (Å²) in [7, 11) is 0. The number of aromatic nitrogens is 1. The van der Waals surface area contributed by atoms with Gasteiger partial charge in [0.15, 0.2) is 11.5 Å². The standard InChI is InChI=1S/C24H25ClN2O3/c1-3-14-30-23-20(25)15-19(16-21(23)29-4-2)24(28)27-22(17-8-6-5-7-9-17)18-10-12-26-13-11-18/h5-13,15-16,22H,3-4,14H2,1-2H3,(H,27,28). The zero-order valence-corrected chi connectivity index (χ0v) is 17.9. The number of amides is 1. The zero-order chi connectivity index (χ0) is 21.3. The van der Waals surface area contributed by atoms with Crippen molar-refractivity contribution in [3.8, 4) is 11.5 Å². The van der Waals surface area contributed by atoms with E-state index in [9.17, 15) is 4.79 Å². The Bertz CT molecular complexity index is 925. The molecular formula is C24H25ClN2O3. The fourth-order valence-corrected chi connectivity index (χ4v) is 3.35. The average Bonchev–Trinajstić information content (AvgIpc) is 2.78. The van der Waals surface area contributed by atoms with Crippen LogP contribution in [0.5, 0.6) is 11.5 Å². The quantitative estimate of drug-likeness (QED) is 0.496. The number of pyridine rings is 1. The minimum atomic E-state index is -0.327. The Balaban J connectivity index is 1.92. The van der Waals surface area contributed by atoms with Gasteiger partial charge in [0.05, 0.1) is 24.3 Å². The lowest BCUT2D eigenvalue weighted by Crippen LogP contribution is -2.29. The van der Waals surface area contributed by atoms with Gasteiger partial charge in [-0.25, -0.2) is 0 Å². The normalized spacial score (nSPS) is 11.6. The third-order valence-electron chi connectivity index (χ3n) is 4.47. The molecular weight excluding hydrogens is 400 g/mol. The van der Waals surface area contributed by atoms with E-state index in [0.29, 0.717) is 35.3 Å². The minimum absolute atomic E-state index is 0.259. The molecule has 0 saturated carbocycles. The van der Waals surface area contributed by atoms with Crippen LogP contribution in [-0.4, -0.2) is 24.1 Å². The Morgan fingerprint density at radius 2 is 1.73 bits per heavy atom. The number of hydrogen-bond acceptors (Lipinski definition) is 4. The first-order chi connectivity index (χ1) is 14.6. The van der Waals surface area contributed by atoms with Gasteiger partial charge in [0, 0.05) is 18.0 Å². The molecule has 1 unspecified atom stereocenters. The number of nitrogens with one attached hydrogen (secondary N) is 1. The highest BCUT2D eigenvalue weighted by molar-refractivity contribution is 6.32. The van der Waals surface area contributed by atoms with Gasteiger partial charge in [0.2, 0.25) is 0 Å². The van der Waals surface area contributed by atoms with Gasteiger partial charge in [0.1, 0.15) is 0 Å². The molecule has 0 aliphatic rings. The maximum atomic E-state index is 13.2.